The molecule has 2 nitrogen and oxygen atoms in total. The number of hydrogen-bond donors (Lipinski definition) is 0. The first-order valence-corrected chi connectivity index (χ1v) is 3.24. The fourth-order valence-corrected chi connectivity index (χ4v) is 1.00. The van der Waals surface area contributed by atoms with Gasteiger partial charge in [0.05, 0.1) is 13.7 Å². The van der Waals surface area contributed by atoms with E-state index in [9.17, 15) is 0 Å². The molecule has 0 aliphatic carbocycles. The number of ether oxygens (including phenoxy) is 1. The van der Waals surface area contributed by atoms with Crippen molar-refractivity contribution in [2.45, 2.75) is 6.42 Å². The molecule has 0 N–H and O–H groups in total. The molecule has 0 spiro atoms. The first-order valence-electron chi connectivity index (χ1n) is 3.24. The molecule has 0 fully saturated rings. The summed E-state index contributed by atoms with van der Waals surface area (Å²) in [6.45, 7) is 2.13. The molecule has 0 aromatic heterocycles. The summed E-state index contributed by atoms with van der Waals surface area (Å²) < 4.78 is 5.08. The molecule has 1 rings (SSSR count). The third kappa shape index (κ3) is 1.72. The van der Waals surface area contributed by atoms with Crippen molar-refractivity contribution in [2.24, 2.45) is 0 Å². The molecule has 2 heteroatoms. The highest BCUT2D eigenvalue weighted by molar-refractivity contribution is 4.99. The molecule has 1 heterocycles. The minimum Gasteiger partial charge on any atom is -0.500 e. The number of methoxy groups -OCH3 is 1. The van der Waals surface area contributed by atoms with E-state index >= 15 is 0 Å². The average molecular weight is 127 g/mol. The van der Waals surface area contributed by atoms with E-state index in [1.807, 2.05) is 0 Å². The molecule has 0 unspecified atom stereocenters. The third-order valence-corrected chi connectivity index (χ3v) is 1.57. The Balaban J connectivity index is 2.43. The lowest BCUT2D eigenvalue weighted by Crippen LogP contribution is -2.25. The van der Waals surface area contributed by atoms with Gasteiger partial charge in [-0.1, -0.05) is 0 Å². The molecule has 1 aliphatic heterocycles. The SMILES string of the molecule is COC1=CCCN(C)C1. The zero-order valence-electron chi connectivity index (χ0n) is 6.05. The second-order valence-electron chi connectivity index (χ2n) is 2.40. The topological polar surface area (TPSA) is 12.5 Å². The van der Waals surface area contributed by atoms with Crippen LogP contribution in [0, 0.1) is 0 Å². The van der Waals surface area contributed by atoms with E-state index in [0.717, 1.165) is 25.3 Å². The van der Waals surface area contributed by atoms with Crippen molar-refractivity contribution >= 4 is 0 Å². The number of nitrogens with zero attached hydrogens (tertiary/aromatic N) is 1. The summed E-state index contributed by atoms with van der Waals surface area (Å²) in [5.74, 6) is 1.10. The van der Waals surface area contributed by atoms with Crippen LogP contribution < -0.4 is 0 Å². The molecule has 9 heavy (non-hydrogen) atoms. The molecule has 0 atom stereocenters. The van der Waals surface area contributed by atoms with Crippen LogP contribution in [0.4, 0.5) is 0 Å². The highest BCUT2D eigenvalue weighted by Crippen LogP contribution is 2.06. The molecular formula is C7H13NO. The molecule has 0 saturated heterocycles. The van der Waals surface area contributed by atoms with E-state index < -0.39 is 0 Å². The van der Waals surface area contributed by atoms with Crippen molar-refractivity contribution in [2.75, 3.05) is 27.2 Å². The van der Waals surface area contributed by atoms with E-state index in [4.69, 9.17) is 4.74 Å². The van der Waals surface area contributed by atoms with Crippen molar-refractivity contribution in [3.05, 3.63) is 11.8 Å². The Labute approximate surface area is 56.1 Å². The molecule has 0 amide bonds. The van der Waals surface area contributed by atoms with Crippen molar-refractivity contribution in [1.82, 2.24) is 4.90 Å². The minimum absolute atomic E-state index is 0.969. The van der Waals surface area contributed by atoms with Crippen molar-refractivity contribution in [3.8, 4) is 0 Å². The van der Waals surface area contributed by atoms with E-state index in [0.29, 0.717) is 0 Å². The van der Waals surface area contributed by atoms with Crippen LogP contribution in [0.2, 0.25) is 0 Å². The van der Waals surface area contributed by atoms with Gasteiger partial charge in [-0.25, -0.2) is 0 Å². The lowest BCUT2D eigenvalue weighted by molar-refractivity contribution is 0.220. The largest absolute Gasteiger partial charge is 0.500 e. The minimum atomic E-state index is 0.969. The zero-order valence-corrected chi connectivity index (χ0v) is 6.05. The van der Waals surface area contributed by atoms with Gasteiger partial charge in [0, 0.05) is 6.54 Å². The quantitative estimate of drug-likeness (QED) is 0.518. The maximum atomic E-state index is 5.08. The van der Waals surface area contributed by atoms with E-state index in [1.165, 1.54) is 0 Å². The van der Waals surface area contributed by atoms with Gasteiger partial charge in [0.2, 0.25) is 0 Å². The van der Waals surface area contributed by atoms with Crippen molar-refractivity contribution in [3.63, 3.8) is 0 Å². The highest BCUT2D eigenvalue weighted by atomic mass is 16.5. The molecule has 0 saturated carbocycles. The van der Waals surface area contributed by atoms with Crippen LogP contribution in [0.15, 0.2) is 11.8 Å². The first-order chi connectivity index (χ1) is 4.33. The Morgan fingerprint density at radius 1 is 1.67 bits per heavy atom. The standard InChI is InChI=1S/C7H13NO/c1-8-5-3-4-7(6-8)9-2/h4H,3,5-6H2,1-2H3. The maximum Gasteiger partial charge on any atom is 0.106 e. The van der Waals surface area contributed by atoms with Crippen LogP contribution in [0.25, 0.3) is 0 Å². The number of likely N-dealkylation sites (N-methyl/N-ethyl adjacent to an activating group) is 1. The predicted molar refractivity (Wildman–Crippen MR) is 37.2 cm³/mol. The lowest BCUT2D eigenvalue weighted by Gasteiger charge is -2.21. The zero-order chi connectivity index (χ0) is 6.69. The molecular weight excluding hydrogens is 114 g/mol. The average Bonchev–Trinajstić information content (AvgIpc) is 1.88. The second-order valence-corrected chi connectivity index (χ2v) is 2.40. The van der Waals surface area contributed by atoms with E-state index in [1.54, 1.807) is 7.11 Å². The van der Waals surface area contributed by atoms with Crippen LogP contribution in [0.5, 0.6) is 0 Å². The highest BCUT2D eigenvalue weighted by Gasteiger charge is 2.06. The Kier molecular flexibility index (Phi) is 2.11. The van der Waals surface area contributed by atoms with Gasteiger partial charge in [-0.15, -0.1) is 0 Å². The van der Waals surface area contributed by atoms with E-state index in [-0.39, 0.29) is 0 Å². The molecule has 52 valence electrons. The Morgan fingerprint density at radius 3 is 2.89 bits per heavy atom. The van der Waals surface area contributed by atoms with Gasteiger partial charge in [0.1, 0.15) is 5.76 Å². The van der Waals surface area contributed by atoms with Crippen LogP contribution in [0.1, 0.15) is 6.42 Å². The fraction of sp³-hybridized carbons (Fsp3) is 0.714. The van der Waals surface area contributed by atoms with Crippen molar-refractivity contribution in [1.29, 1.82) is 0 Å². The second kappa shape index (κ2) is 2.87. The summed E-state index contributed by atoms with van der Waals surface area (Å²) in [4.78, 5) is 2.25. The number of hydrogen-bond acceptors (Lipinski definition) is 2. The van der Waals surface area contributed by atoms with Gasteiger partial charge in [-0.3, -0.25) is 4.90 Å². The molecule has 0 bridgehead atoms. The normalized spacial score (nSPS) is 21.3. The van der Waals surface area contributed by atoms with Crippen LogP contribution >= 0.6 is 0 Å². The summed E-state index contributed by atoms with van der Waals surface area (Å²) in [6, 6.07) is 0. The van der Waals surface area contributed by atoms with Crippen LogP contribution in [-0.2, 0) is 4.74 Å². The van der Waals surface area contributed by atoms with Gasteiger partial charge >= 0.3 is 0 Å². The van der Waals surface area contributed by atoms with Gasteiger partial charge in [-0.2, -0.15) is 0 Å². The third-order valence-electron chi connectivity index (χ3n) is 1.57. The summed E-state index contributed by atoms with van der Waals surface area (Å²) >= 11 is 0. The Hall–Kier alpha value is -0.500. The summed E-state index contributed by atoms with van der Waals surface area (Å²) in [5.41, 5.74) is 0. The Morgan fingerprint density at radius 2 is 2.44 bits per heavy atom. The van der Waals surface area contributed by atoms with E-state index in [2.05, 4.69) is 18.0 Å². The molecule has 1 aliphatic rings. The molecule has 0 aromatic rings. The summed E-state index contributed by atoms with van der Waals surface area (Å²) in [7, 11) is 3.83. The smallest absolute Gasteiger partial charge is 0.106 e. The Bertz CT molecular complexity index is 120. The number of rotatable bonds is 1. The fourth-order valence-electron chi connectivity index (χ4n) is 1.00. The van der Waals surface area contributed by atoms with Crippen LogP contribution in [-0.4, -0.2) is 32.1 Å². The van der Waals surface area contributed by atoms with Gasteiger partial charge in [0.25, 0.3) is 0 Å². The molecule has 0 aromatic carbocycles. The maximum absolute atomic E-state index is 5.08. The lowest BCUT2D eigenvalue weighted by atomic mass is 10.2. The van der Waals surface area contributed by atoms with Gasteiger partial charge < -0.3 is 4.74 Å². The van der Waals surface area contributed by atoms with Gasteiger partial charge in [0.15, 0.2) is 0 Å². The summed E-state index contributed by atoms with van der Waals surface area (Å²) in [5, 5.41) is 0. The predicted octanol–water partition coefficient (Wildman–Crippen LogP) is 0.852. The van der Waals surface area contributed by atoms with Crippen LogP contribution in [0.3, 0.4) is 0 Å². The first kappa shape index (κ1) is 6.62. The monoisotopic (exact) mass is 127 g/mol. The molecule has 0 radical (unpaired) electrons. The summed E-state index contributed by atoms with van der Waals surface area (Å²) in [6.07, 6.45) is 3.28. The van der Waals surface area contributed by atoms with Gasteiger partial charge in [-0.05, 0) is 19.5 Å². The van der Waals surface area contributed by atoms with Crippen molar-refractivity contribution < 1.29 is 4.74 Å².